The molecule has 3 rings (SSSR count). The van der Waals surface area contributed by atoms with Gasteiger partial charge in [-0.05, 0) is 25.1 Å². The molecule has 0 amide bonds. The number of aromatic nitrogens is 2. The third kappa shape index (κ3) is 2.89. The quantitative estimate of drug-likeness (QED) is 0.942. The number of β-amino-alcohol motifs (C(OH)–C–C–N with tert-alkyl or cyclic N) is 1. The van der Waals surface area contributed by atoms with E-state index in [4.69, 9.17) is 0 Å². The summed E-state index contributed by atoms with van der Waals surface area (Å²) in [6, 6.07) is 3.64. The summed E-state index contributed by atoms with van der Waals surface area (Å²) in [5.41, 5.74) is -0.247. The summed E-state index contributed by atoms with van der Waals surface area (Å²) in [5.74, 6) is -0.105. The molecule has 0 saturated carbocycles. The number of hydrogen-bond donors (Lipinski definition) is 1. The molecule has 118 valence electrons. The van der Waals surface area contributed by atoms with Gasteiger partial charge >= 0.3 is 0 Å². The lowest BCUT2D eigenvalue weighted by atomic mass is 10.1. The topological polar surface area (TPSA) is 41.3 Å². The molecule has 0 radical (unpaired) electrons. The van der Waals surface area contributed by atoms with Crippen LogP contribution in [0.3, 0.4) is 0 Å². The molecular formula is C16H19F2N3O. The minimum Gasteiger partial charge on any atom is -0.387 e. The van der Waals surface area contributed by atoms with Crippen LogP contribution in [0.5, 0.6) is 0 Å². The van der Waals surface area contributed by atoms with E-state index in [1.165, 1.54) is 18.2 Å². The van der Waals surface area contributed by atoms with Crippen LogP contribution in [-0.2, 0) is 7.05 Å². The molecule has 22 heavy (non-hydrogen) atoms. The van der Waals surface area contributed by atoms with Gasteiger partial charge in [0.15, 0.2) is 0 Å². The maximum absolute atomic E-state index is 13.7. The summed E-state index contributed by atoms with van der Waals surface area (Å²) in [4.78, 5) is 6.38. The van der Waals surface area contributed by atoms with Crippen molar-refractivity contribution in [3.05, 3.63) is 53.6 Å². The van der Waals surface area contributed by atoms with Crippen molar-refractivity contribution in [3.63, 3.8) is 0 Å². The number of imidazole rings is 1. The number of nitrogens with zero attached hydrogens (tertiary/aromatic N) is 3. The standard InChI is InChI=1S/C16H19F2N3O/c1-20-8-6-19-16(20)11-5-7-21(9-11)10-14(22)15-12(17)3-2-4-13(15)18/h2-4,6,8,11,14,22H,5,7,9-10H2,1H3. The van der Waals surface area contributed by atoms with E-state index < -0.39 is 17.7 Å². The van der Waals surface area contributed by atoms with Gasteiger partial charge in [0, 0.05) is 38.4 Å². The lowest BCUT2D eigenvalue weighted by Gasteiger charge is -2.21. The average Bonchev–Trinajstić information content (AvgIpc) is 3.07. The van der Waals surface area contributed by atoms with E-state index in [9.17, 15) is 13.9 Å². The highest BCUT2D eigenvalue weighted by atomic mass is 19.1. The zero-order chi connectivity index (χ0) is 15.7. The van der Waals surface area contributed by atoms with Crippen LogP contribution in [0, 0.1) is 11.6 Å². The van der Waals surface area contributed by atoms with E-state index in [2.05, 4.69) is 4.98 Å². The Balaban J connectivity index is 1.66. The van der Waals surface area contributed by atoms with Gasteiger partial charge in [0.1, 0.15) is 17.5 Å². The molecule has 1 aromatic carbocycles. The number of hydrogen-bond acceptors (Lipinski definition) is 3. The minimum absolute atomic E-state index is 0.221. The van der Waals surface area contributed by atoms with Gasteiger partial charge in [-0.3, -0.25) is 4.90 Å². The maximum Gasteiger partial charge on any atom is 0.131 e. The second-order valence-electron chi connectivity index (χ2n) is 5.79. The first-order valence-electron chi connectivity index (χ1n) is 7.38. The van der Waals surface area contributed by atoms with Crippen LogP contribution in [0.15, 0.2) is 30.6 Å². The summed E-state index contributed by atoms with van der Waals surface area (Å²) in [5, 5.41) is 10.2. The van der Waals surface area contributed by atoms with Crippen LogP contribution < -0.4 is 0 Å². The van der Waals surface area contributed by atoms with Crippen LogP contribution in [0.2, 0.25) is 0 Å². The highest BCUT2D eigenvalue weighted by Gasteiger charge is 2.29. The smallest absolute Gasteiger partial charge is 0.131 e. The maximum atomic E-state index is 13.7. The Morgan fingerprint density at radius 2 is 2.09 bits per heavy atom. The number of aliphatic hydroxyl groups excluding tert-OH is 1. The number of halogens is 2. The summed E-state index contributed by atoms with van der Waals surface area (Å²) < 4.78 is 29.4. The SMILES string of the molecule is Cn1ccnc1C1CCN(CC(O)c2c(F)cccc2F)C1. The van der Waals surface area contributed by atoms with Gasteiger partial charge in [-0.2, -0.15) is 0 Å². The van der Waals surface area contributed by atoms with Crippen molar-refractivity contribution in [1.82, 2.24) is 14.5 Å². The second-order valence-corrected chi connectivity index (χ2v) is 5.79. The van der Waals surface area contributed by atoms with Crippen molar-refractivity contribution in [2.45, 2.75) is 18.4 Å². The van der Waals surface area contributed by atoms with Crippen LogP contribution in [0.4, 0.5) is 8.78 Å². The first kappa shape index (κ1) is 15.1. The number of aliphatic hydroxyl groups is 1. The molecular weight excluding hydrogens is 288 g/mol. The zero-order valence-corrected chi connectivity index (χ0v) is 12.4. The molecule has 1 saturated heterocycles. The van der Waals surface area contributed by atoms with Crippen LogP contribution in [0.1, 0.15) is 29.8 Å². The fraction of sp³-hybridized carbons (Fsp3) is 0.438. The van der Waals surface area contributed by atoms with Gasteiger partial charge in [-0.1, -0.05) is 6.07 Å². The van der Waals surface area contributed by atoms with Crippen LogP contribution in [-0.4, -0.2) is 39.2 Å². The average molecular weight is 307 g/mol. The Morgan fingerprint density at radius 1 is 1.36 bits per heavy atom. The van der Waals surface area contributed by atoms with Crippen molar-refractivity contribution in [3.8, 4) is 0 Å². The predicted octanol–water partition coefficient (Wildman–Crippen LogP) is 2.22. The fourth-order valence-corrected chi connectivity index (χ4v) is 3.14. The minimum atomic E-state index is -1.17. The molecule has 1 fully saturated rings. The predicted molar refractivity (Wildman–Crippen MR) is 78.3 cm³/mol. The molecule has 0 spiro atoms. The lowest BCUT2D eigenvalue weighted by Crippen LogP contribution is -2.27. The molecule has 1 aromatic heterocycles. The molecule has 1 aliphatic heterocycles. The van der Waals surface area contributed by atoms with Crippen molar-refractivity contribution >= 4 is 0 Å². The van der Waals surface area contributed by atoms with E-state index in [1.54, 1.807) is 6.20 Å². The molecule has 0 aliphatic carbocycles. The van der Waals surface area contributed by atoms with Crippen LogP contribution >= 0.6 is 0 Å². The Kier molecular flexibility index (Phi) is 4.22. The molecule has 4 nitrogen and oxygen atoms in total. The highest BCUT2D eigenvalue weighted by molar-refractivity contribution is 5.22. The van der Waals surface area contributed by atoms with E-state index in [-0.39, 0.29) is 18.0 Å². The van der Waals surface area contributed by atoms with Crippen molar-refractivity contribution in [2.75, 3.05) is 19.6 Å². The molecule has 2 unspecified atom stereocenters. The second kappa shape index (κ2) is 6.14. The highest BCUT2D eigenvalue weighted by Crippen LogP contribution is 2.28. The normalized spacial score (nSPS) is 20.5. The summed E-state index contributed by atoms with van der Waals surface area (Å²) in [6.07, 6.45) is 3.43. The third-order valence-electron chi connectivity index (χ3n) is 4.26. The van der Waals surface area contributed by atoms with Gasteiger partial charge in [0.2, 0.25) is 0 Å². The van der Waals surface area contributed by atoms with E-state index in [0.29, 0.717) is 0 Å². The Labute approximate surface area is 128 Å². The third-order valence-corrected chi connectivity index (χ3v) is 4.26. The Hall–Kier alpha value is -1.79. The molecule has 1 N–H and O–H groups in total. The lowest BCUT2D eigenvalue weighted by molar-refractivity contribution is 0.118. The monoisotopic (exact) mass is 307 g/mol. The van der Waals surface area contributed by atoms with Crippen molar-refractivity contribution in [1.29, 1.82) is 0 Å². The fourth-order valence-electron chi connectivity index (χ4n) is 3.14. The number of aryl methyl sites for hydroxylation is 1. The van der Waals surface area contributed by atoms with Crippen LogP contribution in [0.25, 0.3) is 0 Å². The van der Waals surface area contributed by atoms with E-state index in [0.717, 1.165) is 25.3 Å². The zero-order valence-electron chi connectivity index (χ0n) is 12.4. The molecule has 2 aromatic rings. The van der Waals surface area contributed by atoms with Gasteiger partial charge < -0.3 is 9.67 Å². The van der Waals surface area contributed by atoms with Gasteiger partial charge in [0.25, 0.3) is 0 Å². The molecule has 2 heterocycles. The number of benzene rings is 1. The molecule has 0 bridgehead atoms. The molecule has 6 heteroatoms. The van der Waals surface area contributed by atoms with Gasteiger partial charge in [-0.25, -0.2) is 13.8 Å². The largest absolute Gasteiger partial charge is 0.387 e. The van der Waals surface area contributed by atoms with Gasteiger partial charge in [0.05, 0.1) is 11.7 Å². The number of rotatable bonds is 4. The summed E-state index contributed by atoms with van der Waals surface area (Å²) >= 11 is 0. The molecule has 2 atom stereocenters. The Morgan fingerprint density at radius 3 is 2.73 bits per heavy atom. The van der Waals surface area contributed by atoms with E-state index in [1.807, 2.05) is 22.7 Å². The van der Waals surface area contributed by atoms with E-state index >= 15 is 0 Å². The first-order valence-corrected chi connectivity index (χ1v) is 7.38. The van der Waals surface area contributed by atoms with Crippen molar-refractivity contribution in [2.24, 2.45) is 7.05 Å². The Bertz CT molecular complexity index is 638. The summed E-state index contributed by atoms with van der Waals surface area (Å²) in [7, 11) is 1.95. The summed E-state index contributed by atoms with van der Waals surface area (Å²) in [6.45, 7) is 1.74. The van der Waals surface area contributed by atoms with Crippen molar-refractivity contribution < 1.29 is 13.9 Å². The molecule has 1 aliphatic rings. The first-order chi connectivity index (χ1) is 10.6. The number of likely N-dealkylation sites (tertiary alicyclic amines) is 1. The van der Waals surface area contributed by atoms with Gasteiger partial charge in [-0.15, -0.1) is 0 Å².